The molecule has 0 saturated carbocycles. The van der Waals surface area contributed by atoms with E-state index in [4.69, 9.17) is 0 Å². The number of allylic oxidation sites excluding steroid dienone is 1. The molecular formula is C6H8N2O+. The van der Waals surface area contributed by atoms with Gasteiger partial charge in [0.15, 0.2) is 0 Å². The summed E-state index contributed by atoms with van der Waals surface area (Å²) in [5.74, 6) is 0. The summed E-state index contributed by atoms with van der Waals surface area (Å²) in [7, 11) is 0. The molecule has 0 spiro atoms. The van der Waals surface area contributed by atoms with Crippen molar-refractivity contribution in [3.63, 3.8) is 0 Å². The molecule has 1 aliphatic heterocycles. The molecule has 1 heterocycles. The lowest BCUT2D eigenvalue weighted by atomic mass is 10.6. The van der Waals surface area contributed by atoms with Crippen LogP contribution in [0.15, 0.2) is 17.4 Å². The van der Waals surface area contributed by atoms with Crippen LogP contribution in [0.1, 0.15) is 6.92 Å². The summed E-state index contributed by atoms with van der Waals surface area (Å²) >= 11 is 0. The minimum Gasteiger partial charge on any atom is -0.211 e. The Morgan fingerprint density at radius 2 is 2.56 bits per heavy atom. The van der Waals surface area contributed by atoms with Gasteiger partial charge in [-0.15, -0.1) is 0 Å². The second-order valence-electron chi connectivity index (χ2n) is 1.84. The molecule has 0 aromatic rings. The number of amides is 1. The van der Waals surface area contributed by atoms with Gasteiger partial charge in [-0.1, -0.05) is 9.69 Å². The summed E-state index contributed by atoms with van der Waals surface area (Å²) < 4.78 is -0.0278. The highest BCUT2D eigenvalue weighted by molar-refractivity contribution is 5.72. The van der Waals surface area contributed by atoms with Gasteiger partial charge in [-0.05, 0) is 6.92 Å². The van der Waals surface area contributed by atoms with E-state index in [1.807, 2.05) is 13.3 Å². The zero-order valence-electron chi connectivity index (χ0n) is 5.24. The highest BCUT2D eigenvalue weighted by Crippen LogP contribution is 2.08. The van der Waals surface area contributed by atoms with Crippen LogP contribution in [-0.2, 0) is 4.79 Å². The molecule has 47 valence electrons. The normalized spacial score (nSPS) is 31.2. The molecule has 1 aliphatic rings. The Balaban J connectivity index is 2.81. The maximum absolute atomic E-state index is 10.2. The van der Waals surface area contributed by atoms with Crippen molar-refractivity contribution in [3.05, 3.63) is 12.3 Å². The van der Waals surface area contributed by atoms with Gasteiger partial charge < -0.3 is 0 Å². The monoisotopic (exact) mass is 124 g/mol. The van der Waals surface area contributed by atoms with Gasteiger partial charge in [-0.25, -0.2) is 4.79 Å². The molecule has 9 heavy (non-hydrogen) atoms. The van der Waals surface area contributed by atoms with Crippen molar-refractivity contribution in [2.45, 2.75) is 6.92 Å². The quantitative estimate of drug-likeness (QED) is 0.490. The van der Waals surface area contributed by atoms with E-state index in [0.29, 0.717) is 6.54 Å². The first kappa shape index (κ1) is 6.16. The summed E-state index contributed by atoms with van der Waals surface area (Å²) in [6, 6.07) is 0. The maximum Gasteiger partial charge on any atom is 0.476 e. The maximum atomic E-state index is 10.2. The predicted octanol–water partition coefficient (Wildman–Crippen LogP) is 0.403. The smallest absolute Gasteiger partial charge is 0.211 e. The topological polar surface area (TPSA) is 29.4 Å². The van der Waals surface area contributed by atoms with Crippen LogP contribution in [0.5, 0.6) is 0 Å². The van der Waals surface area contributed by atoms with Gasteiger partial charge in [0.2, 0.25) is 0 Å². The molecule has 3 nitrogen and oxygen atoms in total. The van der Waals surface area contributed by atoms with Crippen LogP contribution in [0, 0.1) is 0 Å². The summed E-state index contributed by atoms with van der Waals surface area (Å²) in [5, 5.41) is 3.88. The van der Waals surface area contributed by atoms with Crippen LogP contribution in [0.25, 0.3) is 0 Å². The molecule has 0 bridgehead atoms. The first-order chi connectivity index (χ1) is 4.33. The first-order valence-corrected chi connectivity index (χ1v) is 2.83. The van der Waals surface area contributed by atoms with E-state index in [-0.39, 0.29) is 4.59 Å². The lowest BCUT2D eigenvalue weighted by Gasteiger charge is -2.11. The molecule has 0 N–H and O–H groups in total. The highest BCUT2D eigenvalue weighted by Gasteiger charge is 2.25. The van der Waals surface area contributed by atoms with Gasteiger partial charge in [0, 0.05) is 6.08 Å². The SMILES string of the molecule is CC[N+]1([C]=O)C=CC=N1. The number of hydrogen-bond acceptors (Lipinski definition) is 2. The minimum absolute atomic E-state index is 0.0278. The highest BCUT2D eigenvalue weighted by atomic mass is 16.2. The van der Waals surface area contributed by atoms with E-state index < -0.39 is 0 Å². The van der Waals surface area contributed by atoms with E-state index in [2.05, 4.69) is 5.10 Å². The number of carbonyl (C=O) groups excluding carboxylic acids is 1. The van der Waals surface area contributed by atoms with Crippen molar-refractivity contribution in [2.75, 3.05) is 6.54 Å². The molecule has 1 unspecified atom stereocenters. The lowest BCUT2D eigenvalue weighted by molar-refractivity contribution is -0.787. The van der Waals surface area contributed by atoms with Crippen LogP contribution in [0.4, 0.5) is 0 Å². The minimum atomic E-state index is -0.0278. The molecule has 0 aromatic carbocycles. The summed E-state index contributed by atoms with van der Waals surface area (Å²) in [6.45, 7) is 2.52. The number of rotatable bonds is 2. The second-order valence-corrected chi connectivity index (χ2v) is 1.84. The average Bonchev–Trinajstić information content (AvgIpc) is 2.36. The largest absolute Gasteiger partial charge is 0.476 e. The molecule has 1 amide bonds. The molecule has 0 aliphatic carbocycles. The van der Waals surface area contributed by atoms with Gasteiger partial charge in [0.05, 0.1) is 6.21 Å². The zero-order chi connectivity index (χ0) is 6.74. The van der Waals surface area contributed by atoms with Crippen LogP contribution < -0.4 is 0 Å². The fourth-order valence-corrected chi connectivity index (χ4v) is 0.682. The van der Waals surface area contributed by atoms with Gasteiger partial charge in [0.25, 0.3) is 0 Å². The van der Waals surface area contributed by atoms with Crippen molar-refractivity contribution in [1.29, 1.82) is 0 Å². The van der Waals surface area contributed by atoms with Crippen LogP contribution >= 0.6 is 0 Å². The Morgan fingerprint density at radius 3 is 2.78 bits per heavy atom. The fraction of sp³-hybridized carbons (Fsp3) is 0.333. The van der Waals surface area contributed by atoms with Crippen molar-refractivity contribution in [2.24, 2.45) is 5.10 Å². The van der Waals surface area contributed by atoms with Crippen LogP contribution in [0.3, 0.4) is 0 Å². The van der Waals surface area contributed by atoms with Crippen LogP contribution in [-0.4, -0.2) is 23.8 Å². The molecule has 0 aromatic heterocycles. The van der Waals surface area contributed by atoms with Crippen molar-refractivity contribution < 1.29 is 9.39 Å². The van der Waals surface area contributed by atoms with Gasteiger partial charge in [-0.2, -0.15) is 0 Å². The average molecular weight is 124 g/mol. The molecule has 3 heteroatoms. The number of quaternary nitrogens is 1. The Hall–Kier alpha value is -0.960. The van der Waals surface area contributed by atoms with Crippen LogP contribution in [0.2, 0.25) is 0 Å². The Labute approximate surface area is 53.9 Å². The third kappa shape index (κ3) is 0.907. The second kappa shape index (κ2) is 2.11. The van der Waals surface area contributed by atoms with E-state index >= 15 is 0 Å². The van der Waals surface area contributed by atoms with Crippen molar-refractivity contribution in [3.8, 4) is 0 Å². The van der Waals surface area contributed by atoms with Gasteiger partial charge in [0.1, 0.15) is 12.7 Å². The Bertz CT molecular complexity index is 160. The third-order valence-corrected chi connectivity index (χ3v) is 1.33. The molecule has 1 atom stereocenters. The van der Waals surface area contributed by atoms with Crippen molar-refractivity contribution in [1.82, 2.24) is 0 Å². The molecular weight excluding hydrogens is 116 g/mol. The summed E-state index contributed by atoms with van der Waals surface area (Å²) in [4.78, 5) is 10.2. The van der Waals surface area contributed by atoms with Gasteiger partial charge >= 0.3 is 6.41 Å². The molecule has 0 saturated heterocycles. The van der Waals surface area contributed by atoms with Crippen molar-refractivity contribution >= 4 is 12.6 Å². The number of nitrogens with zero attached hydrogens (tertiary/aromatic N) is 2. The first-order valence-electron chi connectivity index (χ1n) is 2.83. The van der Waals surface area contributed by atoms with E-state index in [9.17, 15) is 4.79 Å². The summed E-state index contributed by atoms with van der Waals surface area (Å²) in [6.07, 6.45) is 6.88. The lowest BCUT2D eigenvalue weighted by Crippen LogP contribution is -2.32. The zero-order valence-corrected chi connectivity index (χ0v) is 5.24. The molecule has 1 rings (SSSR count). The van der Waals surface area contributed by atoms with E-state index in [1.54, 1.807) is 18.5 Å². The molecule has 1 radical (unpaired) electrons. The standard InChI is InChI=1S/C6H8N2O/c1-2-8(6-9)5-3-4-7-8/h3-5H,2H2,1H3/q+1. The third-order valence-electron chi connectivity index (χ3n) is 1.33. The fourth-order valence-electron chi connectivity index (χ4n) is 0.682. The van der Waals surface area contributed by atoms with Gasteiger partial charge in [-0.3, -0.25) is 0 Å². The Morgan fingerprint density at radius 1 is 1.78 bits per heavy atom. The van der Waals surface area contributed by atoms with E-state index in [1.165, 1.54) is 0 Å². The molecule has 0 fully saturated rings. The number of hydrogen-bond donors (Lipinski definition) is 0. The van der Waals surface area contributed by atoms with E-state index in [0.717, 1.165) is 0 Å². The summed E-state index contributed by atoms with van der Waals surface area (Å²) in [5.41, 5.74) is 0. The predicted molar refractivity (Wildman–Crippen MR) is 34.1 cm³/mol. The Kier molecular flexibility index (Phi) is 1.44.